The fraction of sp³-hybridized carbons (Fsp3) is 0.333. The molecule has 0 saturated carbocycles. The zero-order chi connectivity index (χ0) is 30.3. The molecule has 2 amide bonds. The van der Waals surface area contributed by atoms with Crippen LogP contribution in [0.15, 0.2) is 79.6 Å². The standard InChI is InChI=1S/C25H21F3N4O.C8H17N/c1-16(2)17-6-8-18(9-7-17)19-10-11-23-22(12-19)30-15-32(23)21-5-3-4-20(13-21)31-24(33)29-14-25(26,27)28;1-3-8-4-6-9(2)7-5-8/h3-13,15H,1,14H2,2H3,(H2,29,31,33);8H,3-7H2,1-2H3. The highest BCUT2D eigenvalue weighted by molar-refractivity contribution is 5.90. The number of amides is 2. The summed E-state index contributed by atoms with van der Waals surface area (Å²) in [5.74, 6) is 1.03. The maximum Gasteiger partial charge on any atom is 0.405 e. The van der Waals surface area contributed by atoms with E-state index in [-0.39, 0.29) is 0 Å². The molecule has 2 heterocycles. The van der Waals surface area contributed by atoms with Crippen LogP contribution < -0.4 is 10.6 Å². The Morgan fingerprint density at radius 2 is 1.71 bits per heavy atom. The molecule has 9 heteroatoms. The second kappa shape index (κ2) is 13.7. The third kappa shape index (κ3) is 8.45. The van der Waals surface area contributed by atoms with Crippen molar-refractivity contribution >= 4 is 28.3 Å². The molecule has 1 aromatic heterocycles. The summed E-state index contributed by atoms with van der Waals surface area (Å²) < 4.78 is 38.7. The highest BCUT2D eigenvalue weighted by atomic mass is 19.4. The predicted molar refractivity (Wildman–Crippen MR) is 165 cm³/mol. The van der Waals surface area contributed by atoms with Gasteiger partial charge < -0.3 is 15.5 Å². The fourth-order valence-corrected chi connectivity index (χ4v) is 4.90. The number of allylic oxidation sites excluding steroid dienone is 1. The number of fused-ring (bicyclic) bond motifs is 1. The minimum absolute atomic E-state index is 0.364. The zero-order valence-corrected chi connectivity index (χ0v) is 24.3. The second-order valence-corrected chi connectivity index (χ2v) is 10.8. The van der Waals surface area contributed by atoms with E-state index in [1.54, 1.807) is 29.8 Å². The zero-order valence-electron chi connectivity index (χ0n) is 24.3. The van der Waals surface area contributed by atoms with Gasteiger partial charge in [-0.15, -0.1) is 0 Å². The topological polar surface area (TPSA) is 62.2 Å². The first-order valence-corrected chi connectivity index (χ1v) is 14.2. The molecule has 1 fully saturated rings. The summed E-state index contributed by atoms with van der Waals surface area (Å²) in [5, 5.41) is 4.21. The predicted octanol–water partition coefficient (Wildman–Crippen LogP) is 8.15. The summed E-state index contributed by atoms with van der Waals surface area (Å²) >= 11 is 0. The van der Waals surface area contributed by atoms with E-state index in [0.29, 0.717) is 11.4 Å². The minimum atomic E-state index is -4.47. The Bertz CT molecular complexity index is 1500. The molecule has 0 unspecified atom stereocenters. The number of aromatic nitrogens is 2. The van der Waals surface area contributed by atoms with Gasteiger partial charge >= 0.3 is 12.2 Å². The van der Waals surface area contributed by atoms with Crippen LogP contribution in [0, 0.1) is 5.92 Å². The molecule has 3 aromatic carbocycles. The van der Waals surface area contributed by atoms with Crippen molar-refractivity contribution < 1.29 is 18.0 Å². The number of likely N-dealkylation sites (tertiary alicyclic amines) is 1. The van der Waals surface area contributed by atoms with Crippen molar-refractivity contribution in [1.82, 2.24) is 19.8 Å². The van der Waals surface area contributed by atoms with Crippen LogP contribution in [0.4, 0.5) is 23.7 Å². The van der Waals surface area contributed by atoms with Gasteiger partial charge in [0.25, 0.3) is 0 Å². The maximum absolute atomic E-state index is 12.3. The van der Waals surface area contributed by atoms with Crippen LogP contribution in [0.1, 0.15) is 38.7 Å². The number of rotatable bonds is 6. The molecule has 2 N–H and O–H groups in total. The molecule has 0 atom stereocenters. The Labute approximate surface area is 245 Å². The Hall–Kier alpha value is -4.11. The number of halogens is 3. The number of urea groups is 1. The van der Waals surface area contributed by atoms with Crippen molar-refractivity contribution in [3.05, 3.63) is 85.2 Å². The van der Waals surface area contributed by atoms with Gasteiger partial charge in [-0.25, -0.2) is 9.78 Å². The first-order chi connectivity index (χ1) is 20.0. The van der Waals surface area contributed by atoms with Gasteiger partial charge in [-0.05, 0) is 92.8 Å². The number of nitrogens with zero attached hydrogens (tertiary/aromatic N) is 3. The van der Waals surface area contributed by atoms with Crippen molar-refractivity contribution in [2.24, 2.45) is 5.92 Å². The lowest BCUT2D eigenvalue weighted by atomic mass is 9.95. The molecule has 5 rings (SSSR count). The number of hydrogen-bond donors (Lipinski definition) is 2. The van der Waals surface area contributed by atoms with Crippen molar-refractivity contribution in [3.8, 4) is 16.8 Å². The van der Waals surface area contributed by atoms with Crippen LogP contribution in [0.5, 0.6) is 0 Å². The lowest BCUT2D eigenvalue weighted by molar-refractivity contribution is -0.122. The number of alkyl halides is 3. The molecule has 1 aliphatic heterocycles. The molecule has 0 bridgehead atoms. The number of anilines is 1. The van der Waals surface area contributed by atoms with Crippen LogP contribution in [0.25, 0.3) is 33.4 Å². The second-order valence-electron chi connectivity index (χ2n) is 10.8. The molecule has 222 valence electrons. The lowest BCUT2D eigenvalue weighted by Gasteiger charge is -2.27. The Kier molecular flexibility index (Phi) is 10.1. The average molecular weight is 578 g/mol. The molecule has 6 nitrogen and oxygen atoms in total. The van der Waals surface area contributed by atoms with Crippen LogP contribution in [0.2, 0.25) is 0 Å². The molecule has 42 heavy (non-hydrogen) atoms. The normalized spacial score (nSPS) is 14.2. The van der Waals surface area contributed by atoms with Gasteiger partial charge in [0.05, 0.1) is 11.0 Å². The first kappa shape index (κ1) is 30.8. The van der Waals surface area contributed by atoms with Gasteiger partial charge in [0, 0.05) is 11.4 Å². The van der Waals surface area contributed by atoms with E-state index in [2.05, 4.69) is 35.8 Å². The van der Waals surface area contributed by atoms with E-state index in [1.807, 2.05) is 60.0 Å². The molecule has 0 aliphatic carbocycles. The van der Waals surface area contributed by atoms with Gasteiger partial charge in [0.15, 0.2) is 0 Å². The van der Waals surface area contributed by atoms with E-state index < -0.39 is 18.8 Å². The SMILES string of the molecule is C=C(C)c1ccc(-c2ccc3c(c2)ncn3-c2cccc(NC(=O)NCC(F)(F)F)c2)cc1.CCC1CCN(C)CC1. The Balaban J connectivity index is 0.000000385. The number of piperidine rings is 1. The molecule has 1 saturated heterocycles. The van der Waals surface area contributed by atoms with E-state index >= 15 is 0 Å². The summed E-state index contributed by atoms with van der Waals surface area (Å²) in [4.78, 5) is 18.7. The molecular weight excluding hydrogens is 539 g/mol. The average Bonchev–Trinajstić information content (AvgIpc) is 3.40. The largest absolute Gasteiger partial charge is 0.405 e. The fourth-order valence-electron chi connectivity index (χ4n) is 4.90. The van der Waals surface area contributed by atoms with E-state index in [4.69, 9.17) is 0 Å². The third-order valence-corrected chi connectivity index (χ3v) is 7.51. The van der Waals surface area contributed by atoms with Gasteiger partial charge in [-0.3, -0.25) is 4.57 Å². The van der Waals surface area contributed by atoms with Crippen LogP contribution in [-0.4, -0.2) is 53.3 Å². The van der Waals surface area contributed by atoms with E-state index in [9.17, 15) is 18.0 Å². The minimum Gasteiger partial charge on any atom is -0.329 e. The smallest absolute Gasteiger partial charge is 0.329 e. The lowest BCUT2D eigenvalue weighted by Crippen LogP contribution is -2.36. The molecule has 4 aromatic rings. The number of carbonyl (C=O) groups is 1. The number of carbonyl (C=O) groups excluding carboxylic acids is 1. The van der Waals surface area contributed by atoms with Gasteiger partial charge in [0.1, 0.15) is 12.9 Å². The molecule has 0 radical (unpaired) electrons. The van der Waals surface area contributed by atoms with Crippen molar-refractivity contribution in [2.45, 2.75) is 39.3 Å². The van der Waals surface area contributed by atoms with Gasteiger partial charge in [0.2, 0.25) is 0 Å². The Morgan fingerprint density at radius 1 is 1.02 bits per heavy atom. The monoisotopic (exact) mass is 577 g/mol. The van der Waals surface area contributed by atoms with Gasteiger partial charge in [-0.1, -0.05) is 61.9 Å². The molecule has 1 aliphatic rings. The number of imidazole rings is 1. The van der Waals surface area contributed by atoms with Crippen molar-refractivity contribution in [3.63, 3.8) is 0 Å². The number of nitrogens with one attached hydrogen (secondary N) is 2. The highest BCUT2D eigenvalue weighted by Crippen LogP contribution is 2.27. The quantitative estimate of drug-likeness (QED) is 0.243. The van der Waals surface area contributed by atoms with E-state index in [0.717, 1.165) is 39.2 Å². The summed E-state index contributed by atoms with van der Waals surface area (Å²) in [6.45, 7) is 9.46. The van der Waals surface area contributed by atoms with Crippen molar-refractivity contribution in [1.29, 1.82) is 0 Å². The summed E-state index contributed by atoms with van der Waals surface area (Å²) in [6.07, 6.45) is 1.43. The van der Waals surface area contributed by atoms with Gasteiger partial charge in [-0.2, -0.15) is 13.2 Å². The molecule has 0 spiro atoms. The van der Waals surface area contributed by atoms with Crippen LogP contribution in [-0.2, 0) is 0 Å². The molecular formula is C33H38F3N5O. The Morgan fingerprint density at radius 3 is 2.36 bits per heavy atom. The summed E-state index contributed by atoms with van der Waals surface area (Å²) in [5.41, 5.74) is 6.90. The number of hydrogen-bond acceptors (Lipinski definition) is 3. The third-order valence-electron chi connectivity index (χ3n) is 7.51. The summed E-state index contributed by atoms with van der Waals surface area (Å²) in [7, 11) is 2.21. The van der Waals surface area contributed by atoms with E-state index in [1.165, 1.54) is 32.4 Å². The van der Waals surface area contributed by atoms with Crippen LogP contribution in [0.3, 0.4) is 0 Å². The number of benzene rings is 3. The summed E-state index contributed by atoms with van der Waals surface area (Å²) in [6, 6.07) is 20.0. The maximum atomic E-state index is 12.3. The highest BCUT2D eigenvalue weighted by Gasteiger charge is 2.27. The van der Waals surface area contributed by atoms with Crippen molar-refractivity contribution in [2.75, 3.05) is 32.0 Å². The van der Waals surface area contributed by atoms with Crippen LogP contribution >= 0.6 is 0 Å². The first-order valence-electron chi connectivity index (χ1n) is 14.2.